The van der Waals surface area contributed by atoms with Crippen molar-refractivity contribution in [2.45, 2.75) is 37.8 Å². The number of pyridine rings is 1. The Balaban J connectivity index is 2.13. The Morgan fingerprint density at radius 3 is 2.53 bits per heavy atom. The molecule has 0 aliphatic heterocycles. The predicted octanol–water partition coefficient (Wildman–Crippen LogP) is 1.91. The molecule has 0 spiro atoms. The SMILES string of the molecule is CN(Cc1ccncc1)C1(C(=O)O)CCCC1. The summed E-state index contributed by atoms with van der Waals surface area (Å²) >= 11 is 0. The Bertz CT molecular complexity index is 386. The first-order valence-corrected chi connectivity index (χ1v) is 5.99. The van der Waals surface area contributed by atoms with Crippen molar-refractivity contribution < 1.29 is 9.90 Å². The van der Waals surface area contributed by atoms with Crippen LogP contribution >= 0.6 is 0 Å². The highest BCUT2D eigenvalue weighted by atomic mass is 16.4. The minimum atomic E-state index is -0.688. The summed E-state index contributed by atoms with van der Waals surface area (Å²) in [4.78, 5) is 17.4. The van der Waals surface area contributed by atoms with Gasteiger partial charge in [-0.15, -0.1) is 0 Å². The molecule has 1 fully saturated rings. The molecule has 0 bridgehead atoms. The fourth-order valence-electron chi connectivity index (χ4n) is 2.63. The van der Waals surface area contributed by atoms with E-state index in [0.717, 1.165) is 31.2 Å². The molecule has 17 heavy (non-hydrogen) atoms. The normalized spacial score (nSPS) is 18.5. The van der Waals surface area contributed by atoms with Crippen LogP contribution in [-0.4, -0.2) is 33.5 Å². The van der Waals surface area contributed by atoms with Crippen LogP contribution in [0.1, 0.15) is 31.2 Å². The number of hydrogen-bond acceptors (Lipinski definition) is 3. The first kappa shape index (κ1) is 12.0. The maximum Gasteiger partial charge on any atom is 0.324 e. The summed E-state index contributed by atoms with van der Waals surface area (Å²) in [6.07, 6.45) is 7.00. The third kappa shape index (κ3) is 2.31. The third-order valence-electron chi connectivity index (χ3n) is 3.73. The van der Waals surface area contributed by atoms with Crippen LogP contribution in [0.2, 0.25) is 0 Å². The van der Waals surface area contributed by atoms with Gasteiger partial charge >= 0.3 is 5.97 Å². The Morgan fingerprint density at radius 1 is 1.41 bits per heavy atom. The number of carbonyl (C=O) groups is 1. The lowest BCUT2D eigenvalue weighted by atomic mass is 9.95. The van der Waals surface area contributed by atoms with Crippen LogP contribution in [0.15, 0.2) is 24.5 Å². The van der Waals surface area contributed by atoms with Crippen molar-refractivity contribution in [1.82, 2.24) is 9.88 Å². The van der Waals surface area contributed by atoms with Crippen molar-refractivity contribution in [3.63, 3.8) is 0 Å². The zero-order valence-electron chi connectivity index (χ0n) is 10.1. The maximum absolute atomic E-state index is 11.5. The van der Waals surface area contributed by atoms with Crippen molar-refractivity contribution in [3.8, 4) is 0 Å². The average Bonchev–Trinajstić information content (AvgIpc) is 2.80. The highest BCUT2D eigenvalue weighted by Gasteiger charge is 2.44. The molecular formula is C13H18N2O2. The molecule has 0 amide bonds. The van der Waals surface area contributed by atoms with Crippen LogP contribution < -0.4 is 0 Å². The van der Waals surface area contributed by atoms with Crippen LogP contribution in [0.4, 0.5) is 0 Å². The molecule has 0 saturated heterocycles. The van der Waals surface area contributed by atoms with Gasteiger partial charge < -0.3 is 5.11 Å². The number of carboxylic acids is 1. The van der Waals surface area contributed by atoms with Gasteiger partial charge in [-0.3, -0.25) is 14.7 Å². The van der Waals surface area contributed by atoms with Crippen molar-refractivity contribution >= 4 is 5.97 Å². The molecule has 1 saturated carbocycles. The molecule has 1 aromatic rings. The molecule has 1 aliphatic carbocycles. The lowest BCUT2D eigenvalue weighted by molar-refractivity contribution is -0.150. The average molecular weight is 234 g/mol. The van der Waals surface area contributed by atoms with E-state index >= 15 is 0 Å². The summed E-state index contributed by atoms with van der Waals surface area (Å²) in [5.41, 5.74) is 0.443. The zero-order chi connectivity index (χ0) is 12.3. The lowest BCUT2D eigenvalue weighted by Gasteiger charge is -2.34. The van der Waals surface area contributed by atoms with Crippen molar-refractivity contribution in [3.05, 3.63) is 30.1 Å². The number of nitrogens with zero attached hydrogens (tertiary/aromatic N) is 2. The monoisotopic (exact) mass is 234 g/mol. The molecule has 4 heteroatoms. The second-order valence-corrected chi connectivity index (χ2v) is 4.76. The molecule has 1 heterocycles. The zero-order valence-corrected chi connectivity index (χ0v) is 10.1. The first-order chi connectivity index (χ1) is 8.15. The van der Waals surface area contributed by atoms with Gasteiger partial charge in [0, 0.05) is 18.9 Å². The smallest absolute Gasteiger partial charge is 0.324 e. The Morgan fingerprint density at radius 2 is 2.00 bits per heavy atom. The van der Waals surface area contributed by atoms with Gasteiger partial charge in [-0.2, -0.15) is 0 Å². The lowest BCUT2D eigenvalue weighted by Crippen LogP contribution is -2.50. The van der Waals surface area contributed by atoms with Crippen molar-refractivity contribution in [2.24, 2.45) is 0 Å². The van der Waals surface area contributed by atoms with E-state index in [9.17, 15) is 9.90 Å². The minimum absolute atomic E-state index is 0.662. The van der Waals surface area contributed by atoms with Crippen LogP contribution in [0.5, 0.6) is 0 Å². The van der Waals surface area contributed by atoms with Crippen LogP contribution in [-0.2, 0) is 11.3 Å². The van der Waals surface area contributed by atoms with Crippen LogP contribution in [0, 0.1) is 0 Å². The minimum Gasteiger partial charge on any atom is -0.480 e. The van der Waals surface area contributed by atoms with E-state index in [2.05, 4.69) is 4.98 Å². The predicted molar refractivity (Wildman–Crippen MR) is 64.5 cm³/mol. The molecule has 4 nitrogen and oxygen atoms in total. The topological polar surface area (TPSA) is 53.4 Å². The van der Waals surface area contributed by atoms with E-state index in [1.165, 1.54) is 0 Å². The molecular weight excluding hydrogens is 216 g/mol. The molecule has 92 valence electrons. The summed E-state index contributed by atoms with van der Waals surface area (Å²) in [6, 6.07) is 3.86. The van der Waals surface area contributed by atoms with E-state index in [4.69, 9.17) is 0 Å². The Kier molecular flexibility index (Phi) is 3.43. The van der Waals surface area contributed by atoms with Gasteiger partial charge in [0.2, 0.25) is 0 Å². The fraction of sp³-hybridized carbons (Fsp3) is 0.538. The molecule has 0 radical (unpaired) electrons. The van der Waals surface area contributed by atoms with Crippen LogP contribution in [0.3, 0.4) is 0 Å². The Hall–Kier alpha value is -1.42. The third-order valence-corrected chi connectivity index (χ3v) is 3.73. The van der Waals surface area contributed by atoms with E-state index in [1.54, 1.807) is 12.4 Å². The number of rotatable bonds is 4. The van der Waals surface area contributed by atoms with Gasteiger partial charge in [0.15, 0.2) is 0 Å². The molecule has 1 aromatic heterocycles. The van der Waals surface area contributed by atoms with E-state index in [0.29, 0.717) is 6.54 Å². The van der Waals surface area contributed by atoms with Gasteiger partial charge in [0.05, 0.1) is 0 Å². The number of carboxylic acid groups (broad SMARTS) is 1. The number of aromatic nitrogens is 1. The van der Waals surface area contributed by atoms with Gasteiger partial charge in [-0.05, 0) is 37.6 Å². The van der Waals surface area contributed by atoms with Gasteiger partial charge in [-0.1, -0.05) is 12.8 Å². The standard InChI is InChI=1S/C13H18N2O2/c1-15(10-11-4-8-14-9-5-11)13(12(16)17)6-2-3-7-13/h4-5,8-9H,2-3,6-7,10H2,1H3,(H,16,17). The fourth-order valence-corrected chi connectivity index (χ4v) is 2.63. The molecule has 0 aromatic carbocycles. The first-order valence-electron chi connectivity index (χ1n) is 5.99. The molecule has 1 N–H and O–H groups in total. The summed E-state index contributed by atoms with van der Waals surface area (Å²) < 4.78 is 0. The maximum atomic E-state index is 11.5. The number of aliphatic carboxylic acids is 1. The summed E-state index contributed by atoms with van der Waals surface area (Å²) in [5, 5.41) is 9.46. The van der Waals surface area contributed by atoms with Crippen molar-refractivity contribution in [2.75, 3.05) is 7.05 Å². The number of hydrogen-bond donors (Lipinski definition) is 1. The molecule has 0 unspecified atom stereocenters. The van der Waals surface area contributed by atoms with E-state index < -0.39 is 11.5 Å². The van der Waals surface area contributed by atoms with Crippen LogP contribution in [0.25, 0.3) is 0 Å². The molecule has 2 rings (SSSR count). The van der Waals surface area contributed by atoms with E-state index in [-0.39, 0.29) is 0 Å². The highest BCUT2D eigenvalue weighted by Crippen LogP contribution is 2.35. The summed E-state index contributed by atoms with van der Waals surface area (Å²) in [5.74, 6) is -0.688. The number of likely N-dealkylation sites (N-methyl/N-ethyl adjacent to an activating group) is 1. The van der Waals surface area contributed by atoms with Gasteiger partial charge in [-0.25, -0.2) is 0 Å². The quantitative estimate of drug-likeness (QED) is 0.864. The highest BCUT2D eigenvalue weighted by molar-refractivity contribution is 5.79. The van der Waals surface area contributed by atoms with E-state index in [1.807, 2.05) is 24.1 Å². The Labute approximate surface area is 101 Å². The second kappa shape index (κ2) is 4.84. The summed E-state index contributed by atoms with van der Waals surface area (Å²) in [6.45, 7) is 0.662. The summed E-state index contributed by atoms with van der Waals surface area (Å²) in [7, 11) is 1.90. The second-order valence-electron chi connectivity index (χ2n) is 4.76. The van der Waals surface area contributed by atoms with Gasteiger partial charge in [0.25, 0.3) is 0 Å². The molecule has 0 atom stereocenters. The van der Waals surface area contributed by atoms with Crippen molar-refractivity contribution in [1.29, 1.82) is 0 Å². The largest absolute Gasteiger partial charge is 0.480 e. The van der Waals surface area contributed by atoms with Gasteiger partial charge in [0.1, 0.15) is 5.54 Å². The molecule has 1 aliphatic rings.